The lowest BCUT2D eigenvalue weighted by Crippen LogP contribution is -2.34. The maximum Gasteiger partial charge on any atom is 0.243 e. The quantitative estimate of drug-likeness (QED) is 0.745. The van der Waals surface area contributed by atoms with Crippen LogP contribution in [0.3, 0.4) is 0 Å². The number of halogens is 1. The normalized spacial score (nSPS) is 24.9. The molecule has 1 spiro atoms. The van der Waals surface area contributed by atoms with Gasteiger partial charge in [0.05, 0.1) is 4.90 Å². The summed E-state index contributed by atoms with van der Waals surface area (Å²) in [5.41, 5.74) is -0.104. The highest BCUT2D eigenvalue weighted by Crippen LogP contribution is 2.52. The van der Waals surface area contributed by atoms with Crippen molar-refractivity contribution in [2.24, 2.45) is 11.3 Å². The lowest BCUT2D eigenvalue weighted by Gasteiger charge is -2.37. The molecule has 1 aromatic heterocycles. The van der Waals surface area contributed by atoms with E-state index in [1.165, 1.54) is 37.5 Å². The third-order valence-electron chi connectivity index (χ3n) is 7.01. The first-order valence-electron chi connectivity index (χ1n) is 10.6. The molecule has 0 amide bonds. The fraction of sp³-hybridized carbons (Fsp3) is 0.619. The molecule has 2 heterocycles. The van der Waals surface area contributed by atoms with E-state index >= 15 is 0 Å². The standard InChI is InChI=1S/C21H27FN4O2S/c22-17-5-4-6-18(11-17)29(27,28)26-13-19(21(14-26)9-2-1-3-10-21)20-24-23-15-25(20)12-16-7-8-16/h4-6,11,15-16,19H,1-3,7-10,12-14H2. The summed E-state index contributed by atoms with van der Waals surface area (Å²) in [6.45, 7) is 1.79. The molecule has 1 atom stereocenters. The molecule has 8 heteroatoms. The summed E-state index contributed by atoms with van der Waals surface area (Å²) in [5.74, 6) is 1.13. The van der Waals surface area contributed by atoms with Crippen molar-refractivity contribution in [2.45, 2.75) is 62.3 Å². The Hall–Kier alpha value is -1.80. The number of aromatic nitrogens is 3. The van der Waals surface area contributed by atoms with Gasteiger partial charge in [0.15, 0.2) is 0 Å². The first-order chi connectivity index (χ1) is 14.0. The average molecular weight is 419 g/mol. The van der Waals surface area contributed by atoms with Crippen LogP contribution >= 0.6 is 0 Å². The van der Waals surface area contributed by atoms with Crippen molar-refractivity contribution in [3.8, 4) is 0 Å². The number of hydrogen-bond donors (Lipinski definition) is 0. The molecule has 5 rings (SSSR count). The Morgan fingerprint density at radius 1 is 1.17 bits per heavy atom. The summed E-state index contributed by atoms with van der Waals surface area (Å²) in [6.07, 6.45) is 9.71. The van der Waals surface area contributed by atoms with Gasteiger partial charge in [0.25, 0.3) is 0 Å². The molecule has 156 valence electrons. The SMILES string of the molecule is O=S(=O)(c1cccc(F)c1)N1CC(c2nncn2CC2CC2)C2(CCCCC2)C1. The molecular formula is C21H27FN4O2S. The van der Waals surface area contributed by atoms with Crippen molar-refractivity contribution < 1.29 is 12.8 Å². The van der Waals surface area contributed by atoms with E-state index in [1.54, 1.807) is 10.6 Å². The fourth-order valence-corrected chi connectivity index (χ4v) is 6.84. The number of rotatable bonds is 5. The van der Waals surface area contributed by atoms with Gasteiger partial charge in [-0.15, -0.1) is 10.2 Å². The summed E-state index contributed by atoms with van der Waals surface area (Å²) in [7, 11) is -3.75. The Bertz CT molecular complexity index is 996. The average Bonchev–Trinajstić information content (AvgIpc) is 3.29. The maximum atomic E-state index is 13.7. The predicted octanol–water partition coefficient (Wildman–Crippen LogP) is 3.57. The third-order valence-corrected chi connectivity index (χ3v) is 8.82. The van der Waals surface area contributed by atoms with Gasteiger partial charge >= 0.3 is 0 Å². The summed E-state index contributed by atoms with van der Waals surface area (Å²) in [6, 6.07) is 5.33. The summed E-state index contributed by atoms with van der Waals surface area (Å²) >= 11 is 0. The molecule has 3 aliphatic rings. The van der Waals surface area contributed by atoms with Crippen LogP contribution in [-0.2, 0) is 16.6 Å². The summed E-state index contributed by atoms with van der Waals surface area (Å²) in [4.78, 5) is 0.0311. The van der Waals surface area contributed by atoms with E-state index < -0.39 is 15.8 Å². The molecule has 1 aromatic carbocycles. The van der Waals surface area contributed by atoms with Crippen molar-refractivity contribution in [1.29, 1.82) is 0 Å². The van der Waals surface area contributed by atoms with Crippen LogP contribution in [-0.4, -0.2) is 40.6 Å². The zero-order valence-electron chi connectivity index (χ0n) is 16.5. The first kappa shape index (κ1) is 19.2. The number of nitrogens with zero attached hydrogens (tertiary/aromatic N) is 4. The Kier molecular flexibility index (Phi) is 4.74. The highest BCUT2D eigenvalue weighted by atomic mass is 32.2. The minimum Gasteiger partial charge on any atom is -0.317 e. The Labute approximate surface area is 171 Å². The lowest BCUT2D eigenvalue weighted by molar-refractivity contribution is 0.176. The molecule has 3 fully saturated rings. The Morgan fingerprint density at radius 3 is 2.69 bits per heavy atom. The van der Waals surface area contributed by atoms with Gasteiger partial charge in [-0.3, -0.25) is 0 Å². The minimum atomic E-state index is -3.75. The van der Waals surface area contributed by atoms with Gasteiger partial charge < -0.3 is 4.57 Å². The zero-order valence-corrected chi connectivity index (χ0v) is 17.3. The molecule has 6 nitrogen and oxygen atoms in total. The van der Waals surface area contributed by atoms with E-state index in [0.717, 1.165) is 44.1 Å². The maximum absolute atomic E-state index is 13.7. The number of benzene rings is 1. The summed E-state index contributed by atoms with van der Waals surface area (Å²) in [5, 5.41) is 8.64. The van der Waals surface area contributed by atoms with Crippen LogP contribution < -0.4 is 0 Å². The van der Waals surface area contributed by atoms with E-state index in [2.05, 4.69) is 14.8 Å². The lowest BCUT2D eigenvalue weighted by atomic mass is 9.67. The topological polar surface area (TPSA) is 68.1 Å². The molecule has 0 N–H and O–H groups in total. The van der Waals surface area contributed by atoms with E-state index in [1.807, 2.05) is 0 Å². The molecule has 1 saturated heterocycles. The van der Waals surface area contributed by atoms with E-state index in [9.17, 15) is 12.8 Å². The molecule has 2 saturated carbocycles. The monoisotopic (exact) mass is 418 g/mol. The molecule has 0 radical (unpaired) electrons. The molecule has 1 aliphatic heterocycles. The van der Waals surface area contributed by atoms with Gasteiger partial charge in [-0.1, -0.05) is 25.3 Å². The van der Waals surface area contributed by atoms with Crippen LogP contribution in [0, 0.1) is 17.2 Å². The second-order valence-corrected chi connectivity index (χ2v) is 11.0. The van der Waals surface area contributed by atoms with Crippen LogP contribution in [0.4, 0.5) is 4.39 Å². The highest BCUT2D eigenvalue weighted by molar-refractivity contribution is 7.89. The molecule has 0 bridgehead atoms. The largest absolute Gasteiger partial charge is 0.317 e. The Morgan fingerprint density at radius 2 is 1.97 bits per heavy atom. The van der Waals surface area contributed by atoms with Gasteiger partial charge in [0, 0.05) is 25.6 Å². The van der Waals surface area contributed by atoms with Crippen LogP contribution in [0.1, 0.15) is 56.7 Å². The molecule has 2 aliphatic carbocycles. The fourth-order valence-electron chi connectivity index (χ4n) is 5.25. The van der Waals surface area contributed by atoms with Crippen LogP contribution in [0.15, 0.2) is 35.5 Å². The summed E-state index contributed by atoms with van der Waals surface area (Å²) < 4.78 is 44.1. The van der Waals surface area contributed by atoms with Gasteiger partial charge in [0.1, 0.15) is 18.0 Å². The number of sulfonamides is 1. The second-order valence-electron chi connectivity index (χ2n) is 9.02. The van der Waals surface area contributed by atoms with E-state index in [0.29, 0.717) is 19.0 Å². The highest BCUT2D eigenvalue weighted by Gasteiger charge is 2.52. The Balaban J connectivity index is 1.50. The first-order valence-corrected chi connectivity index (χ1v) is 12.1. The van der Waals surface area contributed by atoms with E-state index in [4.69, 9.17) is 0 Å². The van der Waals surface area contributed by atoms with Crippen LogP contribution in [0.5, 0.6) is 0 Å². The van der Waals surface area contributed by atoms with Gasteiger partial charge in [-0.05, 0) is 55.2 Å². The van der Waals surface area contributed by atoms with Crippen molar-refractivity contribution >= 4 is 10.0 Å². The van der Waals surface area contributed by atoms with Crippen molar-refractivity contribution in [3.05, 3.63) is 42.2 Å². The third kappa shape index (κ3) is 3.50. The molecule has 1 unspecified atom stereocenters. The van der Waals surface area contributed by atoms with E-state index in [-0.39, 0.29) is 16.2 Å². The zero-order chi connectivity index (χ0) is 20.1. The van der Waals surface area contributed by atoms with Crippen molar-refractivity contribution in [1.82, 2.24) is 19.1 Å². The van der Waals surface area contributed by atoms with Crippen molar-refractivity contribution in [2.75, 3.05) is 13.1 Å². The van der Waals surface area contributed by atoms with Crippen molar-refractivity contribution in [3.63, 3.8) is 0 Å². The molecular weight excluding hydrogens is 391 g/mol. The van der Waals surface area contributed by atoms with Gasteiger partial charge in [-0.2, -0.15) is 4.31 Å². The van der Waals surface area contributed by atoms with Gasteiger partial charge in [0.2, 0.25) is 10.0 Å². The smallest absolute Gasteiger partial charge is 0.243 e. The van der Waals surface area contributed by atoms with Crippen LogP contribution in [0.2, 0.25) is 0 Å². The van der Waals surface area contributed by atoms with Crippen LogP contribution in [0.25, 0.3) is 0 Å². The number of hydrogen-bond acceptors (Lipinski definition) is 4. The molecule has 2 aromatic rings. The molecule has 29 heavy (non-hydrogen) atoms. The van der Waals surface area contributed by atoms with Gasteiger partial charge in [-0.25, -0.2) is 12.8 Å². The minimum absolute atomic E-state index is 0.0311. The predicted molar refractivity (Wildman–Crippen MR) is 106 cm³/mol. The second kappa shape index (κ2) is 7.16.